The molecule has 37 heavy (non-hydrogen) atoms. The Balaban J connectivity index is 1.18. The van der Waals surface area contributed by atoms with Crippen LogP contribution >= 0.6 is 0 Å². The molecule has 2 aliphatic rings. The van der Waals surface area contributed by atoms with E-state index in [0.29, 0.717) is 17.7 Å². The Bertz CT molecular complexity index is 1370. The molecule has 1 saturated carbocycles. The van der Waals surface area contributed by atoms with Gasteiger partial charge in [0.25, 0.3) is 0 Å². The molecule has 3 aromatic heterocycles. The van der Waals surface area contributed by atoms with Crippen molar-refractivity contribution in [1.82, 2.24) is 29.3 Å². The molecule has 2 fully saturated rings. The molecule has 3 N–H and O–H groups in total. The van der Waals surface area contributed by atoms with Gasteiger partial charge in [0.15, 0.2) is 5.65 Å². The lowest BCUT2D eigenvalue weighted by atomic mass is 10.2. The van der Waals surface area contributed by atoms with Crippen molar-refractivity contribution in [3.63, 3.8) is 0 Å². The number of benzene rings is 1. The van der Waals surface area contributed by atoms with Gasteiger partial charge in [-0.3, -0.25) is 9.47 Å². The maximum Gasteiger partial charge on any atom is 0.229 e. The summed E-state index contributed by atoms with van der Waals surface area (Å²) >= 11 is 0. The fourth-order valence-electron chi connectivity index (χ4n) is 5.01. The summed E-state index contributed by atoms with van der Waals surface area (Å²) in [4.78, 5) is 21.3. The zero-order chi connectivity index (χ0) is 25.4. The summed E-state index contributed by atoms with van der Waals surface area (Å²) < 4.78 is 2.14. The van der Waals surface area contributed by atoms with Crippen LogP contribution in [0, 0.1) is 0 Å². The number of aromatic nitrogens is 4. The minimum atomic E-state index is 0.503. The molecule has 1 aliphatic heterocycles. The fourth-order valence-corrected chi connectivity index (χ4v) is 5.01. The van der Waals surface area contributed by atoms with E-state index in [2.05, 4.69) is 79.0 Å². The summed E-state index contributed by atoms with van der Waals surface area (Å²) in [6, 6.07) is 16.5. The topological polar surface area (TPSA) is 91.4 Å². The zero-order valence-corrected chi connectivity index (χ0v) is 21.6. The van der Waals surface area contributed by atoms with Gasteiger partial charge in [0.05, 0.1) is 0 Å². The Morgan fingerprint density at radius 1 is 1.00 bits per heavy atom. The van der Waals surface area contributed by atoms with Crippen LogP contribution < -0.4 is 16.0 Å². The Hall–Kier alpha value is -3.69. The Labute approximate surface area is 217 Å². The summed E-state index contributed by atoms with van der Waals surface area (Å²) in [7, 11) is 4.27. The predicted octanol–water partition coefficient (Wildman–Crippen LogP) is 3.70. The van der Waals surface area contributed by atoms with Crippen LogP contribution in [0.1, 0.15) is 24.5 Å². The number of likely N-dealkylation sites (N-methyl/N-ethyl adjacent to an activating group) is 1. The van der Waals surface area contributed by atoms with E-state index in [-0.39, 0.29) is 0 Å². The molecule has 1 aromatic carbocycles. The molecule has 0 unspecified atom stereocenters. The third-order valence-corrected chi connectivity index (χ3v) is 7.27. The van der Waals surface area contributed by atoms with Crippen LogP contribution in [0.4, 0.5) is 23.1 Å². The first-order valence-electron chi connectivity index (χ1n) is 13.1. The van der Waals surface area contributed by atoms with E-state index >= 15 is 0 Å². The highest BCUT2D eigenvalue weighted by Gasteiger charge is 2.29. The van der Waals surface area contributed by atoms with E-state index < -0.39 is 0 Å². The summed E-state index contributed by atoms with van der Waals surface area (Å²) in [5.41, 5.74) is 10.3. The van der Waals surface area contributed by atoms with Gasteiger partial charge in [-0.2, -0.15) is 4.98 Å². The van der Waals surface area contributed by atoms with Gasteiger partial charge in [0.2, 0.25) is 5.95 Å². The first-order valence-corrected chi connectivity index (χ1v) is 13.1. The van der Waals surface area contributed by atoms with Gasteiger partial charge in [0.1, 0.15) is 11.6 Å². The second-order valence-electron chi connectivity index (χ2n) is 10.4. The van der Waals surface area contributed by atoms with Crippen molar-refractivity contribution in [2.75, 3.05) is 69.3 Å². The third kappa shape index (κ3) is 5.23. The molecule has 0 bridgehead atoms. The number of nitrogens with zero attached hydrogens (tertiary/aromatic N) is 7. The zero-order valence-electron chi connectivity index (χ0n) is 21.6. The maximum absolute atomic E-state index is 6.00. The van der Waals surface area contributed by atoms with Crippen LogP contribution in [0.15, 0.2) is 54.7 Å². The number of pyridine rings is 1. The standard InChI is InChI=1S/C28H35N9/c1-34(2)12-13-35-14-16-36(17-15-35)23-10-8-22(9-11-23)31-28-30-19-21-18-24(20-6-7-20)37(27(21)33-28)26-5-3-4-25(29)32-26/h3-5,8-11,18-20H,6-7,12-17H2,1-2H3,(H2,29,32)(H,30,31,33). The fraction of sp³-hybridized carbons (Fsp3) is 0.393. The van der Waals surface area contributed by atoms with Crippen molar-refractivity contribution in [2.45, 2.75) is 18.8 Å². The lowest BCUT2D eigenvalue weighted by molar-refractivity contribution is 0.229. The van der Waals surface area contributed by atoms with Crippen LogP contribution in [0.25, 0.3) is 16.9 Å². The minimum absolute atomic E-state index is 0.503. The quantitative estimate of drug-likeness (QED) is 0.381. The van der Waals surface area contributed by atoms with E-state index in [9.17, 15) is 0 Å². The molecule has 9 nitrogen and oxygen atoms in total. The van der Waals surface area contributed by atoms with E-state index in [1.54, 1.807) is 0 Å². The predicted molar refractivity (Wildman–Crippen MR) is 150 cm³/mol. The van der Waals surface area contributed by atoms with Crippen molar-refractivity contribution in [3.8, 4) is 5.82 Å². The van der Waals surface area contributed by atoms with Gasteiger partial charge in [-0.05, 0) is 75.3 Å². The van der Waals surface area contributed by atoms with Gasteiger partial charge < -0.3 is 20.9 Å². The molecule has 6 rings (SSSR count). The summed E-state index contributed by atoms with van der Waals surface area (Å²) in [5, 5.41) is 4.40. The number of fused-ring (bicyclic) bond motifs is 1. The monoisotopic (exact) mass is 497 g/mol. The summed E-state index contributed by atoms with van der Waals surface area (Å²) in [5.74, 6) is 2.41. The number of hydrogen-bond donors (Lipinski definition) is 2. The first-order chi connectivity index (χ1) is 18.0. The molecule has 1 aliphatic carbocycles. The molecule has 0 radical (unpaired) electrons. The molecule has 192 valence electrons. The number of nitrogens with two attached hydrogens (primary N) is 1. The van der Waals surface area contributed by atoms with Crippen molar-refractivity contribution in [2.24, 2.45) is 0 Å². The van der Waals surface area contributed by atoms with Gasteiger partial charge in [0, 0.05) is 67.9 Å². The average molecular weight is 498 g/mol. The van der Waals surface area contributed by atoms with Gasteiger partial charge in [-0.15, -0.1) is 0 Å². The van der Waals surface area contributed by atoms with E-state index in [0.717, 1.165) is 61.8 Å². The molecule has 9 heteroatoms. The van der Waals surface area contributed by atoms with Crippen molar-refractivity contribution in [3.05, 3.63) is 60.4 Å². The second-order valence-corrected chi connectivity index (χ2v) is 10.4. The Morgan fingerprint density at radius 3 is 2.49 bits per heavy atom. The first kappa shape index (κ1) is 23.7. The SMILES string of the molecule is CN(C)CCN1CCN(c2ccc(Nc3ncc4cc(C5CC5)n(-c5cccc(N)n5)c4n3)cc2)CC1. The number of nitrogens with one attached hydrogen (secondary N) is 1. The summed E-state index contributed by atoms with van der Waals surface area (Å²) in [6.07, 6.45) is 4.27. The molecule has 0 amide bonds. The van der Waals surface area contributed by atoms with Gasteiger partial charge >= 0.3 is 0 Å². The summed E-state index contributed by atoms with van der Waals surface area (Å²) in [6.45, 7) is 6.55. The number of rotatable bonds is 8. The van der Waals surface area contributed by atoms with Crippen molar-refractivity contribution in [1.29, 1.82) is 0 Å². The molecule has 0 spiro atoms. The van der Waals surface area contributed by atoms with Crippen molar-refractivity contribution < 1.29 is 0 Å². The third-order valence-electron chi connectivity index (χ3n) is 7.27. The number of hydrogen-bond acceptors (Lipinski definition) is 8. The highest BCUT2D eigenvalue weighted by atomic mass is 15.3. The van der Waals surface area contributed by atoms with E-state index in [1.807, 2.05) is 24.4 Å². The molecular formula is C28H35N9. The van der Waals surface area contributed by atoms with Crippen LogP contribution in [0.5, 0.6) is 0 Å². The average Bonchev–Trinajstić information content (AvgIpc) is 3.68. The highest BCUT2D eigenvalue weighted by molar-refractivity contribution is 5.80. The number of anilines is 4. The van der Waals surface area contributed by atoms with Gasteiger partial charge in [-0.25, -0.2) is 9.97 Å². The second kappa shape index (κ2) is 9.99. The molecule has 1 saturated heterocycles. The van der Waals surface area contributed by atoms with Crippen LogP contribution in [0.3, 0.4) is 0 Å². The number of piperazine rings is 1. The largest absolute Gasteiger partial charge is 0.384 e. The van der Waals surface area contributed by atoms with E-state index in [4.69, 9.17) is 10.7 Å². The molecular weight excluding hydrogens is 462 g/mol. The molecule has 0 atom stereocenters. The van der Waals surface area contributed by atoms with Crippen molar-refractivity contribution >= 4 is 34.2 Å². The molecule has 4 aromatic rings. The smallest absolute Gasteiger partial charge is 0.229 e. The minimum Gasteiger partial charge on any atom is -0.384 e. The van der Waals surface area contributed by atoms with Crippen LogP contribution in [0.2, 0.25) is 0 Å². The number of nitrogen functional groups attached to an aromatic ring is 1. The lowest BCUT2D eigenvalue weighted by Crippen LogP contribution is -2.48. The Kier molecular flexibility index (Phi) is 6.40. The van der Waals surface area contributed by atoms with Crippen LogP contribution in [-0.4, -0.2) is 82.7 Å². The molecule has 4 heterocycles. The normalized spacial score (nSPS) is 16.6. The van der Waals surface area contributed by atoms with Gasteiger partial charge in [-0.1, -0.05) is 6.07 Å². The van der Waals surface area contributed by atoms with E-state index in [1.165, 1.54) is 24.2 Å². The van der Waals surface area contributed by atoms with Crippen LogP contribution in [-0.2, 0) is 0 Å². The highest BCUT2D eigenvalue weighted by Crippen LogP contribution is 2.43. The lowest BCUT2D eigenvalue weighted by Gasteiger charge is -2.36. The maximum atomic E-state index is 6.00. The Morgan fingerprint density at radius 2 is 1.78 bits per heavy atom.